The van der Waals surface area contributed by atoms with Crippen molar-refractivity contribution in [3.63, 3.8) is 0 Å². The largest absolute Gasteiger partial charge is 0.357 e. The van der Waals surface area contributed by atoms with Crippen molar-refractivity contribution in [1.29, 1.82) is 0 Å². The van der Waals surface area contributed by atoms with E-state index in [0.29, 0.717) is 18.9 Å². The van der Waals surface area contributed by atoms with E-state index in [-0.39, 0.29) is 35.8 Å². The van der Waals surface area contributed by atoms with Crippen LogP contribution in [0.2, 0.25) is 0 Å². The average Bonchev–Trinajstić information content (AvgIpc) is 3.12. The molecule has 0 radical (unpaired) electrons. The number of hydrogen-bond donors (Lipinski definition) is 2. The van der Waals surface area contributed by atoms with Crippen LogP contribution in [0.25, 0.3) is 5.69 Å². The summed E-state index contributed by atoms with van der Waals surface area (Å²) >= 11 is 0. The smallest absolute Gasteiger partial charge is 0.191 e. The van der Waals surface area contributed by atoms with E-state index in [1.54, 1.807) is 12.5 Å². The van der Waals surface area contributed by atoms with E-state index in [1.807, 2.05) is 48.9 Å². The van der Waals surface area contributed by atoms with Gasteiger partial charge in [0.05, 0.1) is 24.3 Å². The molecule has 2 aromatic rings. The van der Waals surface area contributed by atoms with Gasteiger partial charge in [0, 0.05) is 31.2 Å². The third-order valence-electron chi connectivity index (χ3n) is 3.83. The lowest BCUT2D eigenvalue weighted by atomic mass is 10.2. The maximum absolute atomic E-state index is 11.3. The van der Waals surface area contributed by atoms with E-state index in [0.717, 1.165) is 17.8 Å². The van der Waals surface area contributed by atoms with E-state index in [2.05, 4.69) is 20.6 Å². The van der Waals surface area contributed by atoms with Gasteiger partial charge in [0.1, 0.15) is 9.84 Å². The zero-order valence-corrected chi connectivity index (χ0v) is 19.1. The highest BCUT2D eigenvalue weighted by atomic mass is 127. The molecule has 7 nitrogen and oxygen atoms in total. The van der Waals surface area contributed by atoms with Crippen molar-refractivity contribution in [3.05, 3.63) is 48.5 Å². The van der Waals surface area contributed by atoms with Crippen LogP contribution < -0.4 is 10.6 Å². The first-order valence-corrected chi connectivity index (χ1v) is 10.7. The number of benzene rings is 1. The molecule has 27 heavy (non-hydrogen) atoms. The monoisotopic (exact) mass is 505 g/mol. The Bertz CT molecular complexity index is 822. The first-order chi connectivity index (χ1) is 12.4. The fourth-order valence-corrected chi connectivity index (χ4v) is 3.26. The van der Waals surface area contributed by atoms with Crippen LogP contribution in [-0.2, 0) is 16.4 Å². The van der Waals surface area contributed by atoms with Crippen molar-refractivity contribution < 1.29 is 8.42 Å². The summed E-state index contributed by atoms with van der Waals surface area (Å²) in [6.07, 6.45) is 7.20. The number of imidazole rings is 1. The fraction of sp³-hybridized carbons (Fsp3) is 0.444. The quantitative estimate of drug-likeness (QED) is 0.327. The summed E-state index contributed by atoms with van der Waals surface area (Å²) in [5.74, 6) is 0.832. The second-order valence-electron chi connectivity index (χ2n) is 6.26. The highest BCUT2D eigenvalue weighted by Gasteiger charge is 2.10. The van der Waals surface area contributed by atoms with Crippen LogP contribution in [0.5, 0.6) is 0 Å². The SMILES string of the molecule is CCNC(=NCc1ccccc1-n1ccnc1)NC(C)CCS(C)(=O)=O.I. The van der Waals surface area contributed by atoms with Gasteiger partial charge in [0.2, 0.25) is 0 Å². The standard InChI is InChI=1S/C18H27N5O2S.HI/c1-4-20-18(22-15(2)9-12-26(3,24)25)21-13-16-7-5-6-8-17(16)23-11-10-19-14-23;/h5-8,10-11,14-15H,4,9,12-13H2,1-3H3,(H2,20,21,22);1H. The van der Waals surface area contributed by atoms with E-state index in [1.165, 1.54) is 6.26 Å². The molecule has 0 bridgehead atoms. The number of para-hydroxylation sites is 1. The predicted molar refractivity (Wildman–Crippen MR) is 121 cm³/mol. The van der Waals surface area contributed by atoms with Crippen molar-refractivity contribution in [3.8, 4) is 5.69 Å². The molecule has 0 aliphatic heterocycles. The molecule has 2 rings (SSSR count). The number of sulfone groups is 1. The molecule has 0 aliphatic rings. The molecule has 150 valence electrons. The first kappa shape index (κ1) is 23.4. The molecule has 1 heterocycles. The summed E-state index contributed by atoms with van der Waals surface area (Å²) in [5.41, 5.74) is 2.11. The molecule has 1 aromatic heterocycles. The Kier molecular flexibility index (Phi) is 9.78. The molecule has 1 aromatic carbocycles. The van der Waals surface area contributed by atoms with Gasteiger partial charge in [-0.05, 0) is 31.9 Å². The Labute approximate surface area is 178 Å². The predicted octanol–water partition coefficient (Wildman–Crippen LogP) is 2.37. The molecule has 0 fully saturated rings. The minimum Gasteiger partial charge on any atom is -0.357 e. The molecular weight excluding hydrogens is 477 g/mol. The first-order valence-electron chi connectivity index (χ1n) is 8.68. The highest BCUT2D eigenvalue weighted by Crippen LogP contribution is 2.15. The molecule has 0 amide bonds. The Morgan fingerprint density at radius 1 is 1.33 bits per heavy atom. The molecule has 0 spiro atoms. The van der Waals surface area contributed by atoms with Crippen LogP contribution in [-0.4, -0.2) is 48.5 Å². The molecule has 1 atom stereocenters. The average molecular weight is 505 g/mol. The van der Waals surface area contributed by atoms with E-state index < -0.39 is 9.84 Å². The Balaban J connectivity index is 0.00000364. The molecule has 0 saturated heterocycles. The Morgan fingerprint density at radius 3 is 2.70 bits per heavy atom. The minimum absolute atomic E-state index is 0. The summed E-state index contributed by atoms with van der Waals surface area (Å²) in [6.45, 7) is 5.19. The van der Waals surface area contributed by atoms with Crippen LogP contribution in [0.4, 0.5) is 0 Å². The fourth-order valence-electron chi connectivity index (χ4n) is 2.48. The van der Waals surface area contributed by atoms with Crippen LogP contribution >= 0.6 is 24.0 Å². The van der Waals surface area contributed by atoms with Gasteiger partial charge in [-0.15, -0.1) is 24.0 Å². The lowest BCUT2D eigenvalue weighted by Crippen LogP contribution is -2.42. The van der Waals surface area contributed by atoms with Crippen molar-refractivity contribution in [2.45, 2.75) is 32.9 Å². The molecule has 1 unspecified atom stereocenters. The maximum Gasteiger partial charge on any atom is 0.191 e. The topological polar surface area (TPSA) is 88.4 Å². The summed E-state index contributed by atoms with van der Waals surface area (Å²) in [6, 6.07) is 8.04. The van der Waals surface area contributed by atoms with Crippen LogP contribution in [0.1, 0.15) is 25.8 Å². The van der Waals surface area contributed by atoms with Gasteiger partial charge in [-0.1, -0.05) is 18.2 Å². The number of halogens is 1. The van der Waals surface area contributed by atoms with Gasteiger partial charge in [-0.2, -0.15) is 0 Å². The van der Waals surface area contributed by atoms with Gasteiger partial charge in [0.25, 0.3) is 0 Å². The van der Waals surface area contributed by atoms with Gasteiger partial charge < -0.3 is 15.2 Å². The molecule has 9 heteroatoms. The summed E-state index contributed by atoms with van der Waals surface area (Å²) in [4.78, 5) is 8.75. The normalized spacial score (nSPS) is 12.9. The van der Waals surface area contributed by atoms with Crippen molar-refractivity contribution in [2.24, 2.45) is 4.99 Å². The lowest BCUT2D eigenvalue weighted by Gasteiger charge is -2.18. The van der Waals surface area contributed by atoms with E-state index >= 15 is 0 Å². The van der Waals surface area contributed by atoms with Crippen LogP contribution in [0.3, 0.4) is 0 Å². The van der Waals surface area contributed by atoms with Gasteiger partial charge in [-0.3, -0.25) is 0 Å². The Hall–Kier alpha value is -1.62. The maximum atomic E-state index is 11.3. The minimum atomic E-state index is -2.96. The second kappa shape index (κ2) is 11.3. The van der Waals surface area contributed by atoms with Crippen LogP contribution in [0, 0.1) is 0 Å². The highest BCUT2D eigenvalue weighted by molar-refractivity contribution is 14.0. The number of nitrogens with one attached hydrogen (secondary N) is 2. The lowest BCUT2D eigenvalue weighted by molar-refractivity contribution is 0.581. The number of rotatable bonds is 8. The second-order valence-corrected chi connectivity index (χ2v) is 8.52. The Morgan fingerprint density at radius 2 is 2.07 bits per heavy atom. The van der Waals surface area contributed by atoms with Crippen LogP contribution in [0.15, 0.2) is 48.0 Å². The molecular formula is C18H28IN5O2S. The van der Waals surface area contributed by atoms with Gasteiger partial charge in [-0.25, -0.2) is 18.4 Å². The molecule has 0 aliphatic carbocycles. The summed E-state index contributed by atoms with van der Waals surface area (Å²) < 4.78 is 24.6. The number of guanidine groups is 1. The number of aliphatic imine (C=N–C) groups is 1. The molecule has 0 saturated carbocycles. The zero-order chi connectivity index (χ0) is 19.0. The van der Waals surface area contributed by atoms with Gasteiger partial charge in [0.15, 0.2) is 5.96 Å². The van der Waals surface area contributed by atoms with Crippen molar-refractivity contribution in [1.82, 2.24) is 20.2 Å². The summed E-state index contributed by atoms with van der Waals surface area (Å²) in [5, 5.41) is 6.48. The van der Waals surface area contributed by atoms with Crippen molar-refractivity contribution in [2.75, 3.05) is 18.6 Å². The number of aromatic nitrogens is 2. The summed E-state index contributed by atoms with van der Waals surface area (Å²) in [7, 11) is -2.96. The zero-order valence-electron chi connectivity index (χ0n) is 15.9. The van der Waals surface area contributed by atoms with E-state index in [4.69, 9.17) is 0 Å². The number of hydrogen-bond acceptors (Lipinski definition) is 4. The van der Waals surface area contributed by atoms with Crippen molar-refractivity contribution >= 4 is 39.8 Å². The van der Waals surface area contributed by atoms with Gasteiger partial charge >= 0.3 is 0 Å². The number of nitrogens with zero attached hydrogens (tertiary/aromatic N) is 3. The molecule has 2 N–H and O–H groups in total. The third kappa shape index (κ3) is 8.29. The van der Waals surface area contributed by atoms with E-state index in [9.17, 15) is 8.42 Å². The third-order valence-corrected chi connectivity index (χ3v) is 4.81.